The van der Waals surface area contributed by atoms with Gasteiger partial charge >= 0.3 is 0 Å². The molecule has 0 bridgehead atoms. The van der Waals surface area contributed by atoms with Gasteiger partial charge in [-0.1, -0.05) is 59.8 Å². The van der Waals surface area contributed by atoms with Crippen molar-refractivity contribution < 1.29 is 4.42 Å². The lowest BCUT2D eigenvalue weighted by atomic mass is 10.2. The minimum absolute atomic E-state index is 0.515. The van der Waals surface area contributed by atoms with Gasteiger partial charge in [-0.2, -0.15) is 0 Å². The predicted molar refractivity (Wildman–Crippen MR) is 126 cm³/mol. The Morgan fingerprint density at radius 3 is 2.56 bits per heavy atom. The quantitative estimate of drug-likeness (QED) is 0.280. The molecule has 158 valence electrons. The molecular weight excluding hydrogens is 442 g/mol. The number of rotatable bonds is 6. The molecule has 0 saturated heterocycles. The van der Waals surface area contributed by atoms with Crippen molar-refractivity contribution in [1.82, 2.24) is 24.7 Å². The van der Waals surface area contributed by atoms with E-state index in [0.29, 0.717) is 16.7 Å². The Morgan fingerprint density at radius 1 is 0.938 bits per heavy atom. The first-order valence-electron chi connectivity index (χ1n) is 9.95. The van der Waals surface area contributed by atoms with E-state index in [9.17, 15) is 0 Å². The summed E-state index contributed by atoms with van der Waals surface area (Å²) in [6.07, 6.45) is 5.23. The molecule has 0 aliphatic heterocycles. The maximum absolute atomic E-state index is 6.42. The average molecular weight is 460 g/mol. The minimum atomic E-state index is 0.515. The first-order chi connectivity index (χ1) is 15.7. The Morgan fingerprint density at radius 2 is 1.75 bits per heavy atom. The smallest absolute Gasteiger partial charge is 0.205 e. The first kappa shape index (κ1) is 20.5. The van der Waals surface area contributed by atoms with Crippen molar-refractivity contribution in [3.05, 3.63) is 95.7 Å². The van der Waals surface area contributed by atoms with E-state index in [1.54, 1.807) is 18.6 Å². The number of thioether (sulfide) groups is 1. The van der Waals surface area contributed by atoms with Gasteiger partial charge in [-0.3, -0.25) is 9.55 Å². The molecule has 0 saturated carbocycles. The summed E-state index contributed by atoms with van der Waals surface area (Å²) < 4.78 is 7.97. The summed E-state index contributed by atoms with van der Waals surface area (Å²) in [6, 6.07) is 19.6. The third-order valence-corrected chi connectivity index (χ3v) is 6.31. The fourth-order valence-electron chi connectivity index (χ4n) is 3.35. The number of nitrogens with zero attached hydrogens (tertiary/aromatic N) is 5. The lowest BCUT2D eigenvalue weighted by molar-refractivity contribution is 0.529. The summed E-state index contributed by atoms with van der Waals surface area (Å²) >= 11 is 7.93. The molecule has 0 N–H and O–H groups in total. The molecule has 0 amide bonds. The van der Waals surface area contributed by atoms with E-state index in [0.717, 1.165) is 39.1 Å². The summed E-state index contributed by atoms with van der Waals surface area (Å²) in [5.74, 6) is 2.60. The molecule has 8 heteroatoms. The molecule has 3 aromatic heterocycles. The largest absolute Gasteiger partial charge is 0.440 e. The molecule has 0 unspecified atom stereocenters. The Bertz CT molecular complexity index is 1350. The van der Waals surface area contributed by atoms with Gasteiger partial charge in [-0.05, 0) is 36.8 Å². The van der Waals surface area contributed by atoms with E-state index in [1.165, 1.54) is 11.8 Å². The lowest BCUT2D eigenvalue weighted by Crippen LogP contribution is -2.02. The Labute approximate surface area is 194 Å². The molecule has 0 atom stereocenters. The van der Waals surface area contributed by atoms with Gasteiger partial charge in [0.15, 0.2) is 16.7 Å². The van der Waals surface area contributed by atoms with Crippen LogP contribution in [0.3, 0.4) is 0 Å². The number of aromatic nitrogens is 5. The molecule has 6 nitrogen and oxygen atoms in total. The van der Waals surface area contributed by atoms with Gasteiger partial charge < -0.3 is 4.42 Å². The maximum Gasteiger partial charge on any atom is 0.205 e. The van der Waals surface area contributed by atoms with Crippen LogP contribution >= 0.6 is 23.4 Å². The highest BCUT2D eigenvalue weighted by molar-refractivity contribution is 7.98. The fraction of sp³-hybridized carbons (Fsp3) is 0.0833. The number of benzene rings is 2. The van der Waals surface area contributed by atoms with Gasteiger partial charge in [0, 0.05) is 28.5 Å². The van der Waals surface area contributed by atoms with Crippen molar-refractivity contribution in [3.8, 4) is 28.4 Å². The number of halogens is 1. The van der Waals surface area contributed by atoms with Crippen LogP contribution in [0.25, 0.3) is 28.4 Å². The van der Waals surface area contributed by atoms with Crippen LogP contribution < -0.4 is 0 Å². The number of pyridine rings is 1. The van der Waals surface area contributed by atoms with Gasteiger partial charge in [0.05, 0.1) is 17.6 Å². The second kappa shape index (κ2) is 8.98. The molecule has 0 fully saturated rings. The van der Waals surface area contributed by atoms with Gasteiger partial charge in [0.25, 0.3) is 0 Å². The summed E-state index contributed by atoms with van der Waals surface area (Å²) in [7, 11) is 0. The molecule has 5 rings (SSSR count). The number of hydrogen-bond donors (Lipinski definition) is 0. The van der Waals surface area contributed by atoms with E-state index < -0.39 is 0 Å². The standard InChI is InChI=1S/C24H18ClN5OS/c1-16-19(25)8-5-9-20(16)30-23(18-10-12-26-13-11-18)28-29-24(30)32-15-22-27-14-21(31-22)17-6-3-2-4-7-17/h2-14H,15H2,1H3. The number of hydrogen-bond acceptors (Lipinski definition) is 6. The highest BCUT2D eigenvalue weighted by atomic mass is 35.5. The SMILES string of the molecule is Cc1c(Cl)cccc1-n1c(SCc2ncc(-c3ccccc3)o2)nnc1-c1ccncc1. The van der Waals surface area contributed by atoms with E-state index in [2.05, 4.69) is 20.2 Å². The van der Waals surface area contributed by atoms with Crippen LogP contribution in [0.1, 0.15) is 11.5 Å². The summed E-state index contributed by atoms with van der Waals surface area (Å²) in [5.41, 5.74) is 3.79. The second-order valence-electron chi connectivity index (χ2n) is 7.03. The van der Waals surface area contributed by atoms with Crippen molar-refractivity contribution >= 4 is 23.4 Å². The highest BCUT2D eigenvalue weighted by Gasteiger charge is 2.19. The molecule has 2 aromatic carbocycles. The van der Waals surface area contributed by atoms with Gasteiger partial charge in [0.1, 0.15) is 0 Å². The van der Waals surface area contributed by atoms with Gasteiger partial charge in [0.2, 0.25) is 5.89 Å². The lowest BCUT2D eigenvalue weighted by Gasteiger charge is -2.13. The highest BCUT2D eigenvalue weighted by Crippen LogP contribution is 2.33. The van der Waals surface area contributed by atoms with Crippen molar-refractivity contribution in [1.29, 1.82) is 0 Å². The maximum atomic E-state index is 6.42. The zero-order valence-electron chi connectivity index (χ0n) is 17.1. The normalized spacial score (nSPS) is 11.1. The van der Waals surface area contributed by atoms with Crippen molar-refractivity contribution in [2.75, 3.05) is 0 Å². The van der Waals surface area contributed by atoms with Crippen molar-refractivity contribution in [3.63, 3.8) is 0 Å². The zero-order valence-corrected chi connectivity index (χ0v) is 18.7. The van der Waals surface area contributed by atoms with E-state index in [4.69, 9.17) is 16.0 Å². The van der Waals surface area contributed by atoms with Crippen LogP contribution in [-0.4, -0.2) is 24.7 Å². The molecule has 32 heavy (non-hydrogen) atoms. The summed E-state index contributed by atoms with van der Waals surface area (Å²) in [4.78, 5) is 8.54. The van der Waals surface area contributed by atoms with Crippen LogP contribution in [0, 0.1) is 6.92 Å². The topological polar surface area (TPSA) is 69.6 Å². The Balaban J connectivity index is 1.49. The summed E-state index contributed by atoms with van der Waals surface area (Å²) in [6.45, 7) is 1.99. The molecular formula is C24H18ClN5OS. The van der Waals surface area contributed by atoms with Crippen LogP contribution in [0.5, 0.6) is 0 Å². The molecule has 3 heterocycles. The third-order valence-electron chi connectivity index (χ3n) is 4.99. The average Bonchev–Trinajstić information content (AvgIpc) is 3.48. The van der Waals surface area contributed by atoms with E-state index in [-0.39, 0.29) is 0 Å². The van der Waals surface area contributed by atoms with Gasteiger partial charge in [-0.15, -0.1) is 10.2 Å². The Kier molecular flexibility index (Phi) is 5.75. The monoisotopic (exact) mass is 459 g/mol. The molecule has 0 aliphatic carbocycles. The minimum Gasteiger partial charge on any atom is -0.440 e. The number of oxazole rings is 1. The fourth-order valence-corrected chi connectivity index (χ4v) is 4.31. The van der Waals surface area contributed by atoms with E-state index >= 15 is 0 Å². The zero-order chi connectivity index (χ0) is 21.9. The van der Waals surface area contributed by atoms with Crippen LogP contribution in [0.2, 0.25) is 5.02 Å². The summed E-state index contributed by atoms with van der Waals surface area (Å²) in [5, 5.41) is 10.3. The molecule has 0 radical (unpaired) electrons. The van der Waals surface area contributed by atoms with Crippen LogP contribution in [0.15, 0.2) is 88.8 Å². The third kappa shape index (κ3) is 4.04. The van der Waals surface area contributed by atoms with Crippen LogP contribution in [-0.2, 0) is 5.75 Å². The molecule has 5 aromatic rings. The predicted octanol–water partition coefficient (Wildman–Crippen LogP) is 6.24. The van der Waals surface area contributed by atoms with Crippen molar-refractivity contribution in [2.45, 2.75) is 17.8 Å². The van der Waals surface area contributed by atoms with E-state index in [1.807, 2.05) is 72.2 Å². The molecule has 0 spiro atoms. The molecule has 0 aliphatic rings. The van der Waals surface area contributed by atoms with Crippen molar-refractivity contribution in [2.24, 2.45) is 0 Å². The second-order valence-corrected chi connectivity index (χ2v) is 8.38. The van der Waals surface area contributed by atoms with Gasteiger partial charge in [-0.25, -0.2) is 4.98 Å². The van der Waals surface area contributed by atoms with Crippen LogP contribution in [0.4, 0.5) is 0 Å². The first-order valence-corrected chi connectivity index (χ1v) is 11.3. The Hall–Kier alpha value is -3.42.